The van der Waals surface area contributed by atoms with E-state index in [1.807, 2.05) is 48.5 Å². The number of hydrogen-bond donors (Lipinski definition) is 1. The van der Waals surface area contributed by atoms with Crippen LogP contribution in [-0.2, 0) is 4.74 Å². The summed E-state index contributed by atoms with van der Waals surface area (Å²) in [6.07, 6.45) is -0.967. The van der Waals surface area contributed by atoms with Crippen molar-refractivity contribution in [3.05, 3.63) is 54.1 Å². The minimum Gasteiger partial charge on any atom is -0.439 e. The van der Waals surface area contributed by atoms with Gasteiger partial charge in [-0.25, -0.2) is 15.2 Å². The zero-order valence-electron chi connectivity index (χ0n) is 12.3. The Labute approximate surface area is 131 Å². The molecule has 114 valence electrons. The highest BCUT2D eigenvalue weighted by molar-refractivity contribution is 6.07. The lowest BCUT2D eigenvalue weighted by Gasteiger charge is -2.19. The summed E-state index contributed by atoms with van der Waals surface area (Å²) < 4.78 is 11.0. The molecule has 1 aliphatic heterocycles. The van der Waals surface area contributed by atoms with Gasteiger partial charge in [0.2, 0.25) is 5.89 Å². The number of carbonyl (C=O) groups excluding carboxylic acids is 1. The predicted octanol–water partition coefficient (Wildman–Crippen LogP) is 3.33. The first-order valence-corrected chi connectivity index (χ1v) is 7.21. The van der Waals surface area contributed by atoms with Gasteiger partial charge in [0.1, 0.15) is 17.3 Å². The summed E-state index contributed by atoms with van der Waals surface area (Å²) in [5.74, 6) is 0.570. The van der Waals surface area contributed by atoms with Crippen LogP contribution in [0.5, 0.6) is 0 Å². The Morgan fingerprint density at radius 2 is 1.91 bits per heavy atom. The molecule has 1 N–H and O–H groups in total. The number of nitrogens with zero attached hydrogens (tertiary/aromatic N) is 2. The molecule has 1 unspecified atom stereocenters. The van der Waals surface area contributed by atoms with E-state index in [-0.39, 0.29) is 0 Å². The van der Waals surface area contributed by atoms with Crippen LogP contribution in [0.2, 0.25) is 0 Å². The molecule has 0 spiro atoms. The van der Waals surface area contributed by atoms with Crippen LogP contribution in [0.25, 0.3) is 22.6 Å². The Kier molecular flexibility index (Phi) is 3.08. The summed E-state index contributed by atoms with van der Waals surface area (Å²) in [7, 11) is 0. The molecule has 0 saturated heterocycles. The van der Waals surface area contributed by atoms with E-state index in [0.717, 1.165) is 16.6 Å². The zero-order chi connectivity index (χ0) is 15.8. The highest BCUT2D eigenvalue weighted by Gasteiger charge is 2.23. The fourth-order valence-electron chi connectivity index (χ4n) is 2.53. The van der Waals surface area contributed by atoms with Crippen molar-refractivity contribution in [3.8, 4) is 11.5 Å². The molecule has 0 saturated carbocycles. The minimum absolute atomic E-state index is 0.419. The van der Waals surface area contributed by atoms with Crippen molar-refractivity contribution in [3.63, 3.8) is 0 Å². The van der Waals surface area contributed by atoms with Crippen LogP contribution < -0.4 is 5.43 Å². The zero-order valence-corrected chi connectivity index (χ0v) is 12.3. The second-order valence-corrected chi connectivity index (χ2v) is 5.22. The number of fused-ring (bicyclic) bond motifs is 1. The lowest BCUT2D eigenvalue weighted by molar-refractivity contribution is 0.127. The second kappa shape index (κ2) is 5.24. The largest absolute Gasteiger partial charge is 0.439 e. The monoisotopic (exact) mass is 307 g/mol. The first-order chi connectivity index (χ1) is 11.2. The van der Waals surface area contributed by atoms with Crippen LogP contribution >= 0.6 is 0 Å². The van der Waals surface area contributed by atoms with Crippen LogP contribution in [0.3, 0.4) is 0 Å². The van der Waals surface area contributed by atoms with Crippen molar-refractivity contribution in [2.45, 2.75) is 13.0 Å². The summed E-state index contributed by atoms with van der Waals surface area (Å²) in [6, 6.07) is 15.3. The minimum atomic E-state index is -0.548. The van der Waals surface area contributed by atoms with E-state index < -0.39 is 12.2 Å². The number of aromatic nitrogens is 1. The standard InChI is InChI=1S/C17H13N3O3/c1-10-15(19-20-17(21)22-10)12-7-8-13-14(9-12)23-16(18-13)11-5-3-2-4-6-11/h2-10H,1H3,(H,20,21). The molecular weight excluding hydrogens is 294 g/mol. The van der Waals surface area contributed by atoms with Crippen LogP contribution in [0.4, 0.5) is 4.79 Å². The number of amides is 1. The number of carbonyl (C=O) groups is 1. The molecule has 23 heavy (non-hydrogen) atoms. The van der Waals surface area contributed by atoms with Gasteiger partial charge in [-0.2, -0.15) is 5.10 Å². The third kappa shape index (κ3) is 2.44. The van der Waals surface area contributed by atoms with E-state index >= 15 is 0 Å². The van der Waals surface area contributed by atoms with Gasteiger partial charge in [-0.3, -0.25) is 0 Å². The molecule has 3 aromatic rings. The van der Waals surface area contributed by atoms with Gasteiger partial charge in [0, 0.05) is 11.1 Å². The van der Waals surface area contributed by atoms with Gasteiger partial charge in [-0.05, 0) is 31.2 Å². The van der Waals surface area contributed by atoms with Crippen molar-refractivity contribution >= 4 is 22.9 Å². The number of benzene rings is 2. The number of rotatable bonds is 2. The lowest BCUT2D eigenvalue weighted by atomic mass is 10.1. The molecule has 4 rings (SSSR count). The van der Waals surface area contributed by atoms with Gasteiger partial charge in [0.05, 0.1) is 0 Å². The quantitative estimate of drug-likeness (QED) is 0.788. The maximum absolute atomic E-state index is 11.2. The van der Waals surface area contributed by atoms with Crippen LogP contribution in [0.1, 0.15) is 12.5 Å². The molecule has 0 fully saturated rings. The molecule has 1 aromatic heterocycles. The number of hydrogen-bond acceptors (Lipinski definition) is 5. The first-order valence-electron chi connectivity index (χ1n) is 7.21. The number of oxazole rings is 1. The van der Waals surface area contributed by atoms with Gasteiger partial charge in [0.25, 0.3) is 0 Å². The fraction of sp³-hybridized carbons (Fsp3) is 0.118. The first kappa shape index (κ1) is 13.5. The van der Waals surface area contributed by atoms with E-state index in [1.54, 1.807) is 6.92 Å². The summed E-state index contributed by atoms with van der Waals surface area (Å²) in [5, 5.41) is 4.06. The highest BCUT2D eigenvalue weighted by atomic mass is 16.6. The Morgan fingerprint density at radius 1 is 1.09 bits per heavy atom. The van der Waals surface area contributed by atoms with Crippen LogP contribution in [0, 0.1) is 0 Å². The van der Waals surface area contributed by atoms with Gasteiger partial charge >= 0.3 is 6.09 Å². The molecular formula is C17H13N3O3. The van der Waals surface area contributed by atoms with E-state index in [9.17, 15) is 4.79 Å². The van der Waals surface area contributed by atoms with E-state index in [0.29, 0.717) is 17.2 Å². The number of ether oxygens (including phenoxy) is 1. The average molecular weight is 307 g/mol. The maximum atomic E-state index is 11.2. The van der Waals surface area contributed by atoms with Crippen molar-refractivity contribution in [2.75, 3.05) is 0 Å². The molecule has 1 atom stereocenters. The number of cyclic esters (lactones) is 1. The fourth-order valence-corrected chi connectivity index (χ4v) is 2.53. The predicted molar refractivity (Wildman–Crippen MR) is 85.1 cm³/mol. The summed E-state index contributed by atoms with van der Waals surface area (Å²) in [4.78, 5) is 15.6. The van der Waals surface area contributed by atoms with Crippen molar-refractivity contribution < 1.29 is 13.9 Å². The molecule has 1 amide bonds. The molecule has 6 nitrogen and oxygen atoms in total. The normalized spacial score (nSPS) is 17.5. The Bertz CT molecular complexity index is 915. The number of nitrogens with one attached hydrogen (secondary N) is 1. The SMILES string of the molecule is CC1OC(=O)NN=C1c1ccc2nc(-c3ccccc3)oc2c1. The van der Waals surface area contributed by atoms with Gasteiger partial charge in [0.15, 0.2) is 5.58 Å². The van der Waals surface area contributed by atoms with E-state index in [4.69, 9.17) is 9.15 Å². The summed E-state index contributed by atoms with van der Waals surface area (Å²) >= 11 is 0. The molecule has 2 aromatic carbocycles. The van der Waals surface area contributed by atoms with Crippen molar-refractivity contribution in [1.82, 2.24) is 10.4 Å². The smallest absolute Gasteiger partial charge is 0.428 e. The summed E-state index contributed by atoms with van der Waals surface area (Å²) in [6.45, 7) is 1.78. The third-order valence-corrected chi connectivity index (χ3v) is 3.64. The van der Waals surface area contributed by atoms with Crippen molar-refractivity contribution in [1.29, 1.82) is 0 Å². The second-order valence-electron chi connectivity index (χ2n) is 5.22. The van der Waals surface area contributed by atoms with E-state index in [2.05, 4.69) is 15.5 Å². The molecule has 0 aliphatic carbocycles. The Balaban J connectivity index is 1.75. The van der Waals surface area contributed by atoms with Gasteiger partial charge in [-0.15, -0.1) is 0 Å². The molecule has 6 heteroatoms. The summed E-state index contributed by atoms with van der Waals surface area (Å²) in [5.41, 5.74) is 6.13. The molecule has 0 bridgehead atoms. The van der Waals surface area contributed by atoms with Gasteiger partial charge < -0.3 is 9.15 Å². The number of hydrazone groups is 1. The molecule has 0 radical (unpaired) electrons. The van der Waals surface area contributed by atoms with E-state index in [1.165, 1.54) is 0 Å². The Morgan fingerprint density at radius 3 is 2.70 bits per heavy atom. The van der Waals surface area contributed by atoms with Crippen molar-refractivity contribution in [2.24, 2.45) is 5.10 Å². The molecule has 2 heterocycles. The highest BCUT2D eigenvalue weighted by Crippen LogP contribution is 2.25. The topological polar surface area (TPSA) is 76.7 Å². The maximum Gasteiger partial charge on any atom is 0.428 e. The third-order valence-electron chi connectivity index (χ3n) is 3.64. The molecule has 1 aliphatic rings. The average Bonchev–Trinajstić information content (AvgIpc) is 2.99. The lowest BCUT2D eigenvalue weighted by Crippen LogP contribution is -2.37. The van der Waals surface area contributed by atoms with Crippen LogP contribution in [0.15, 0.2) is 58.0 Å². The Hall–Kier alpha value is -3.15. The van der Waals surface area contributed by atoms with Crippen LogP contribution in [-0.4, -0.2) is 22.9 Å². The van der Waals surface area contributed by atoms with Gasteiger partial charge in [-0.1, -0.05) is 24.3 Å².